The third kappa shape index (κ3) is 2.28. The summed E-state index contributed by atoms with van der Waals surface area (Å²) in [5, 5.41) is 10.9. The minimum absolute atomic E-state index is 0.247. The first-order chi connectivity index (χ1) is 9.70. The van der Waals surface area contributed by atoms with Crippen molar-refractivity contribution in [2.75, 3.05) is 6.26 Å². The van der Waals surface area contributed by atoms with E-state index < -0.39 is 5.97 Å². The fourth-order valence-electron chi connectivity index (χ4n) is 2.96. The number of fused-ring (bicyclic) bond motifs is 1. The molecule has 1 aliphatic rings. The lowest BCUT2D eigenvalue weighted by Crippen LogP contribution is -2.18. The fourth-order valence-corrected chi connectivity index (χ4v) is 3.30. The first kappa shape index (κ1) is 13.4. The Morgan fingerprint density at radius 2 is 2.15 bits per heavy atom. The SMILES string of the molecule is CSc1ncc2cc(C(=O)O)n(C3CCCCC3)c2n1. The van der Waals surface area contributed by atoms with Crippen molar-refractivity contribution in [2.45, 2.75) is 43.3 Å². The second kappa shape index (κ2) is 5.44. The van der Waals surface area contributed by atoms with Gasteiger partial charge < -0.3 is 9.67 Å². The van der Waals surface area contributed by atoms with E-state index in [-0.39, 0.29) is 6.04 Å². The number of carbonyl (C=O) groups is 1. The summed E-state index contributed by atoms with van der Waals surface area (Å²) in [7, 11) is 0. The van der Waals surface area contributed by atoms with Crippen molar-refractivity contribution in [3.63, 3.8) is 0 Å². The molecular formula is C14H17N3O2S. The van der Waals surface area contributed by atoms with Gasteiger partial charge in [-0.25, -0.2) is 14.8 Å². The van der Waals surface area contributed by atoms with Crippen LogP contribution in [0.4, 0.5) is 0 Å². The highest BCUT2D eigenvalue weighted by molar-refractivity contribution is 7.98. The predicted octanol–water partition coefficient (Wildman–Crippen LogP) is 3.36. The Hall–Kier alpha value is -1.56. The van der Waals surface area contributed by atoms with E-state index >= 15 is 0 Å². The molecule has 2 aromatic rings. The molecule has 5 nitrogen and oxygen atoms in total. The van der Waals surface area contributed by atoms with Crippen LogP contribution in [0.1, 0.15) is 48.6 Å². The lowest BCUT2D eigenvalue weighted by molar-refractivity contribution is 0.0681. The average molecular weight is 291 g/mol. The minimum atomic E-state index is -0.890. The average Bonchev–Trinajstić information content (AvgIpc) is 2.86. The van der Waals surface area contributed by atoms with E-state index in [0.29, 0.717) is 10.9 Å². The van der Waals surface area contributed by atoms with E-state index in [0.717, 1.165) is 36.7 Å². The maximum absolute atomic E-state index is 11.5. The second-order valence-corrected chi connectivity index (χ2v) is 5.91. The van der Waals surface area contributed by atoms with Crippen molar-refractivity contribution >= 4 is 28.8 Å². The van der Waals surface area contributed by atoms with Crippen LogP contribution in [0.3, 0.4) is 0 Å². The van der Waals surface area contributed by atoms with Crippen LogP contribution < -0.4 is 0 Å². The van der Waals surface area contributed by atoms with Crippen LogP contribution in [-0.4, -0.2) is 31.9 Å². The Kier molecular flexibility index (Phi) is 3.65. The maximum Gasteiger partial charge on any atom is 0.352 e. The molecule has 1 N–H and O–H groups in total. The number of nitrogens with zero attached hydrogens (tertiary/aromatic N) is 3. The fraction of sp³-hybridized carbons (Fsp3) is 0.500. The molecule has 106 valence electrons. The van der Waals surface area contributed by atoms with Crippen molar-refractivity contribution in [3.05, 3.63) is 18.0 Å². The third-order valence-electron chi connectivity index (χ3n) is 3.90. The van der Waals surface area contributed by atoms with Gasteiger partial charge in [0.1, 0.15) is 11.3 Å². The van der Waals surface area contributed by atoms with Crippen LogP contribution in [0.25, 0.3) is 11.0 Å². The van der Waals surface area contributed by atoms with E-state index in [1.165, 1.54) is 18.2 Å². The lowest BCUT2D eigenvalue weighted by Gasteiger charge is -2.25. The molecule has 2 aromatic heterocycles. The lowest BCUT2D eigenvalue weighted by atomic mass is 9.95. The van der Waals surface area contributed by atoms with Gasteiger partial charge in [0, 0.05) is 17.6 Å². The zero-order valence-electron chi connectivity index (χ0n) is 11.4. The highest BCUT2D eigenvalue weighted by Gasteiger charge is 2.24. The standard InChI is InChI=1S/C14H17N3O2S/c1-20-14-15-8-9-7-11(13(18)19)17(12(9)16-14)10-5-3-2-4-6-10/h7-8,10H,2-6H2,1H3,(H,18,19). The van der Waals surface area contributed by atoms with Crippen LogP contribution in [0.5, 0.6) is 0 Å². The molecule has 20 heavy (non-hydrogen) atoms. The number of hydrogen-bond acceptors (Lipinski definition) is 4. The van der Waals surface area contributed by atoms with E-state index in [1.807, 2.05) is 10.8 Å². The van der Waals surface area contributed by atoms with Crippen LogP contribution in [0, 0.1) is 0 Å². The molecule has 1 fully saturated rings. The monoisotopic (exact) mass is 291 g/mol. The Bertz CT molecular complexity index is 647. The van der Waals surface area contributed by atoms with Crippen molar-refractivity contribution in [3.8, 4) is 0 Å². The van der Waals surface area contributed by atoms with E-state index in [1.54, 1.807) is 12.3 Å². The van der Waals surface area contributed by atoms with Gasteiger partial charge in [0.05, 0.1) is 0 Å². The first-order valence-electron chi connectivity index (χ1n) is 6.86. The molecule has 0 unspecified atom stereocenters. The highest BCUT2D eigenvalue weighted by atomic mass is 32.2. The van der Waals surface area contributed by atoms with Gasteiger partial charge in [0.25, 0.3) is 0 Å². The number of rotatable bonds is 3. The molecule has 0 bridgehead atoms. The molecule has 3 rings (SSSR count). The van der Waals surface area contributed by atoms with Gasteiger partial charge in [0.15, 0.2) is 5.16 Å². The van der Waals surface area contributed by atoms with Gasteiger partial charge in [-0.1, -0.05) is 31.0 Å². The summed E-state index contributed by atoms with van der Waals surface area (Å²) in [5.41, 5.74) is 1.09. The molecule has 0 atom stereocenters. The van der Waals surface area contributed by atoms with Crippen molar-refractivity contribution in [1.29, 1.82) is 0 Å². The zero-order chi connectivity index (χ0) is 14.1. The molecule has 0 aromatic carbocycles. The summed E-state index contributed by atoms with van der Waals surface area (Å²) in [5.74, 6) is -0.890. The van der Waals surface area contributed by atoms with Crippen LogP contribution in [0.15, 0.2) is 17.4 Å². The molecule has 0 aliphatic heterocycles. The summed E-state index contributed by atoms with van der Waals surface area (Å²) >= 11 is 1.47. The summed E-state index contributed by atoms with van der Waals surface area (Å²) in [6, 6.07) is 1.94. The van der Waals surface area contributed by atoms with Gasteiger partial charge in [-0.2, -0.15) is 0 Å². The number of aromatic nitrogens is 3. The Morgan fingerprint density at radius 1 is 1.40 bits per heavy atom. The molecule has 0 spiro atoms. The van der Waals surface area contributed by atoms with Crippen LogP contribution >= 0.6 is 11.8 Å². The topological polar surface area (TPSA) is 68.0 Å². The molecule has 2 heterocycles. The van der Waals surface area contributed by atoms with E-state index in [4.69, 9.17) is 0 Å². The molecule has 1 saturated carbocycles. The summed E-state index contributed by atoms with van der Waals surface area (Å²) < 4.78 is 1.91. The molecule has 0 radical (unpaired) electrons. The van der Waals surface area contributed by atoms with E-state index in [9.17, 15) is 9.90 Å². The normalized spacial score (nSPS) is 16.6. The summed E-state index contributed by atoms with van der Waals surface area (Å²) in [6.45, 7) is 0. The second-order valence-electron chi connectivity index (χ2n) is 5.13. The predicted molar refractivity (Wildman–Crippen MR) is 78.4 cm³/mol. The smallest absolute Gasteiger partial charge is 0.352 e. The number of thioether (sulfide) groups is 1. The quantitative estimate of drug-likeness (QED) is 0.693. The Labute approximate surface area is 121 Å². The number of aromatic carboxylic acids is 1. The molecule has 0 saturated heterocycles. The number of carboxylic acid groups (broad SMARTS) is 1. The molecule has 6 heteroatoms. The maximum atomic E-state index is 11.5. The Balaban J connectivity index is 2.18. The van der Waals surface area contributed by atoms with Gasteiger partial charge in [0.2, 0.25) is 0 Å². The van der Waals surface area contributed by atoms with Gasteiger partial charge in [-0.15, -0.1) is 0 Å². The van der Waals surface area contributed by atoms with Crippen molar-refractivity contribution in [2.24, 2.45) is 0 Å². The van der Waals surface area contributed by atoms with Gasteiger partial charge >= 0.3 is 5.97 Å². The molecule has 1 aliphatic carbocycles. The van der Waals surface area contributed by atoms with Crippen molar-refractivity contribution < 1.29 is 9.90 Å². The highest BCUT2D eigenvalue weighted by Crippen LogP contribution is 2.33. The molecule has 0 amide bonds. The van der Waals surface area contributed by atoms with E-state index in [2.05, 4.69) is 9.97 Å². The van der Waals surface area contributed by atoms with Crippen molar-refractivity contribution in [1.82, 2.24) is 14.5 Å². The third-order valence-corrected chi connectivity index (χ3v) is 4.46. The van der Waals surface area contributed by atoms with Gasteiger partial charge in [-0.05, 0) is 25.2 Å². The minimum Gasteiger partial charge on any atom is -0.477 e. The number of hydrogen-bond donors (Lipinski definition) is 1. The summed E-state index contributed by atoms with van der Waals surface area (Å²) in [6.07, 6.45) is 9.26. The molecular weight excluding hydrogens is 274 g/mol. The van der Waals surface area contributed by atoms with Crippen LogP contribution in [0.2, 0.25) is 0 Å². The Morgan fingerprint density at radius 3 is 2.80 bits per heavy atom. The number of carboxylic acids is 1. The zero-order valence-corrected chi connectivity index (χ0v) is 12.2. The van der Waals surface area contributed by atoms with Crippen LogP contribution in [-0.2, 0) is 0 Å². The largest absolute Gasteiger partial charge is 0.477 e. The first-order valence-corrected chi connectivity index (χ1v) is 8.08. The summed E-state index contributed by atoms with van der Waals surface area (Å²) in [4.78, 5) is 20.3. The van der Waals surface area contributed by atoms with Gasteiger partial charge in [-0.3, -0.25) is 0 Å².